The van der Waals surface area contributed by atoms with Gasteiger partial charge in [0.2, 0.25) is 11.8 Å². The van der Waals surface area contributed by atoms with Gasteiger partial charge in [0.05, 0.1) is 0 Å². The predicted octanol–water partition coefficient (Wildman–Crippen LogP) is 5.57. The first kappa shape index (κ1) is 24.7. The summed E-state index contributed by atoms with van der Waals surface area (Å²) in [5.74, 6) is -0.518. The van der Waals surface area contributed by atoms with Crippen molar-refractivity contribution in [2.24, 2.45) is 0 Å². The molecule has 1 aliphatic carbocycles. The van der Waals surface area contributed by atoms with Crippen LogP contribution >= 0.6 is 0 Å². The molecule has 5 heteroatoms. The molecule has 0 fully saturated rings. The molecule has 1 aliphatic rings. The summed E-state index contributed by atoms with van der Waals surface area (Å²) in [6.45, 7) is 2.80. The third kappa shape index (κ3) is 7.85. The van der Waals surface area contributed by atoms with Crippen LogP contribution in [0.5, 0.6) is 0 Å². The highest BCUT2D eigenvalue weighted by molar-refractivity contribution is 5.88. The van der Waals surface area contributed by atoms with Gasteiger partial charge >= 0.3 is 0 Å². The lowest BCUT2D eigenvalue weighted by Gasteiger charge is -2.31. The molecule has 0 aromatic heterocycles. The molecule has 0 saturated heterocycles. The van der Waals surface area contributed by atoms with Gasteiger partial charge in [-0.05, 0) is 61.8 Å². The molecule has 0 bridgehead atoms. The van der Waals surface area contributed by atoms with Crippen molar-refractivity contribution in [3.8, 4) is 0 Å². The third-order valence-electron chi connectivity index (χ3n) is 6.13. The van der Waals surface area contributed by atoms with Crippen LogP contribution in [-0.2, 0) is 22.6 Å². The molecule has 0 saturated carbocycles. The number of rotatable bonds is 11. The number of nitrogens with zero attached hydrogens (tertiary/aromatic N) is 1. The number of carbonyl (C=O) groups is 2. The largest absolute Gasteiger partial charge is 0.354 e. The van der Waals surface area contributed by atoms with E-state index in [4.69, 9.17) is 0 Å². The molecule has 33 heavy (non-hydrogen) atoms. The van der Waals surface area contributed by atoms with Gasteiger partial charge in [0, 0.05) is 25.9 Å². The molecule has 0 heterocycles. The van der Waals surface area contributed by atoms with Gasteiger partial charge in [-0.3, -0.25) is 9.59 Å². The number of halogens is 1. The van der Waals surface area contributed by atoms with Crippen molar-refractivity contribution in [1.29, 1.82) is 0 Å². The first-order chi connectivity index (χ1) is 16.1. The summed E-state index contributed by atoms with van der Waals surface area (Å²) in [5, 5.41) is 3.09. The predicted molar refractivity (Wildman–Crippen MR) is 130 cm³/mol. The topological polar surface area (TPSA) is 49.4 Å². The minimum absolute atomic E-state index is 0.0621. The number of carbonyl (C=O) groups excluding carboxylic acids is 2. The fourth-order valence-corrected chi connectivity index (χ4v) is 4.29. The highest BCUT2D eigenvalue weighted by atomic mass is 19.1. The van der Waals surface area contributed by atoms with Crippen LogP contribution in [0.3, 0.4) is 0 Å². The second-order valence-corrected chi connectivity index (χ2v) is 8.75. The Balaban J connectivity index is 1.79. The number of hydrogen-bond donors (Lipinski definition) is 1. The van der Waals surface area contributed by atoms with E-state index in [0.29, 0.717) is 25.8 Å². The monoisotopic (exact) mass is 450 g/mol. The summed E-state index contributed by atoms with van der Waals surface area (Å²) >= 11 is 0. The summed E-state index contributed by atoms with van der Waals surface area (Å²) in [7, 11) is 0. The van der Waals surface area contributed by atoms with Gasteiger partial charge in [0.25, 0.3) is 0 Å². The van der Waals surface area contributed by atoms with Crippen molar-refractivity contribution in [1.82, 2.24) is 10.2 Å². The average molecular weight is 451 g/mol. The summed E-state index contributed by atoms with van der Waals surface area (Å²) in [5.41, 5.74) is 3.21. The SMILES string of the molecule is CCCC(=O)N(Cc1ccc(F)cc1)[C@@H](Cc1ccccc1)C(=O)NCCC1=CCCCC1. The molecular formula is C28H35FN2O2. The summed E-state index contributed by atoms with van der Waals surface area (Å²) < 4.78 is 13.4. The smallest absolute Gasteiger partial charge is 0.243 e. The molecule has 2 aromatic carbocycles. The summed E-state index contributed by atoms with van der Waals surface area (Å²) in [4.78, 5) is 28.2. The lowest BCUT2D eigenvalue weighted by molar-refractivity contribution is -0.141. The second-order valence-electron chi connectivity index (χ2n) is 8.75. The van der Waals surface area contributed by atoms with E-state index in [0.717, 1.165) is 30.4 Å². The highest BCUT2D eigenvalue weighted by Gasteiger charge is 2.29. The fourth-order valence-electron chi connectivity index (χ4n) is 4.29. The van der Waals surface area contributed by atoms with Crippen LogP contribution in [0, 0.1) is 5.82 Å². The molecule has 1 N–H and O–H groups in total. The van der Waals surface area contributed by atoms with Gasteiger partial charge < -0.3 is 10.2 Å². The zero-order valence-corrected chi connectivity index (χ0v) is 19.6. The van der Waals surface area contributed by atoms with Crippen LogP contribution in [0.25, 0.3) is 0 Å². The van der Waals surface area contributed by atoms with E-state index in [-0.39, 0.29) is 24.2 Å². The van der Waals surface area contributed by atoms with Gasteiger partial charge in [0.15, 0.2) is 0 Å². The van der Waals surface area contributed by atoms with E-state index in [1.807, 2.05) is 37.3 Å². The maximum absolute atomic E-state index is 13.4. The maximum atomic E-state index is 13.4. The van der Waals surface area contributed by atoms with E-state index in [1.165, 1.54) is 30.5 Å². The van der Waals surface area contributed by atoms with Gasteiger partial charge in [-0.25, -0.2) is 4.39 Å². The van der Waals surface area contributed by atoms with E-state index < -0.39 is 6.04 Å². The number of nitrogens with one attached hydrogen (secondary N) is 1. The number of amides is 2. The molecule has 0 spiro atoms. The summed E-state index contributed by atoms with van der Waals surface area (Å²) in [6, 6.07) is 15.3. The van der Waals surface area contributed by atoms with E-state index in [2.05, 4.69) is 11.4 Å². The van der Waals surface area contributed by atoms with Crippen LogP contribution in [0.15, 0.2) is 66.2 Å². The zero-order chi connectivity index (χ0) is 23.5. The standard InChI is InChI=1S/C28H35FN2O2/c1-2-9-27(32)31(21-24-14-16-25(29)17-15-24)26(20-23-12-7-4-8-13-23)28(33)30-19-18-22-10-5-3-6-11-22/h4,7-8,10,12-17,26H,2-3,5-6,9,11,18-21H2,1H3,(H,30,33)/t26-/m0/s1. The first-order valence-corrected chi connectivity index (χ1v) is 12.1. The Morgan fingerprint density at radius 3 is 2.45 bits per heavy atom. The van der Waals surface area contributed by atoms with Crippen LogP contribution in [0.4, 0.5) is 4.39 Å². The van der Waals surface area contributed by atoms with E-state index >= 15 is 0 Å². The highest BCUT2D eigenvalue weighted by Crippen LogP contribution is 2.20. The van der Waals surface area contributed by atoms with Gasteiger partial charge in [-0.2, -0.15) is 0 Å². The lowest BCUT2D eigenvalue weighted by Crippen LogP contribution is -2.50. The van der Waals surface area contributed by atoms with Gasteiger partial charge in [0.1, 0.15) is 11.9 Å². The minimum atomic E-state index is -0.628. The van der Waals surface area contributed by atoms with Crippen LogP contribution < -0.4 is 5.32 Å². The molecule has 0 unspecified atom stereocenters. The van der Waals surface area contributed by atoms with Crippen molar-refractivity contribution < 1.29 is 14.0 Å². The lowest BCUT2D eigenvalue weighted by atomic mass is 9.97. The molecular weight excluding hydrogens is 415 g/mol. The van der Waals surface area contributed by atoms with Crippen molar-refractivity contribution in [3.05, 3.63) is 83.2 Å². The van der Waals surface area contributed by atoms with E-state index in [1.54, 1.807) is 17.0 Å². The molecule has 176 valence electrons. The third-order valence-corrected chi connectivity index (χ3v) is 6.13. The molecule has 0 aliphatic heterocycles. The number of benzene rings is 2. The Hall–Kier alpha value is -2.95. The zero-order valence-electron chi connectivity index (χ0n) is 19.6. The second kappa shape index (κ2) is 12.9. The molecule has 3 rings (SSSR count). The number of hydrogen-bond acceptors (Lipinski definition) is 2. The minimum Gasteiger partial charge on any atom is -0.354 e. The van der Waals surface area contributed by atoms with Gasteiger partial charge in [-0.1, -0.05) is 61.0 Å². The Morgan fingerprint density at radius 2 is 1.79 bits per heavy atom. The van der Waals surface area contributed by atoms with Crippen LogP contribution in [0.2, 0.25) is 0 Å². The van der Waals surface area contributed by atoms with Crippen LogP contribution in [0.1, 0.15) is 63.0 Å². The van der Waals surface area contributed by atoms with Crippen molar-refractivity contribution in [2.75, 3.05) is 6.54 Å². The van der Waals surface area contributed by atoms with Crippen molar-refractivity contribution >= 4 is 11.8 Å². The first-order valence-electron chi connectivity index (χ1n) is 12.1. The Labute approximate surface area is 196 Å². The average Bonchev–Trinajstić information content (AvgIpc) is 2.84. The van der Waals surface area contributed by atoms with Crippen LogP contribution in [-0.4, -0.2) is 29.3 Å². The normalized spacial score (nSPS) is 14.3. The summed E-state index contributed by atoms with van der Waals surface area (Å²) in [6.07, 6.45) is 9.34. The molecule has 2 aromatic rings. The quantitative estimate of drug-likeness (QED) is 0.455. The molecule has 2 amide bonds. The molecule has 1 atom stereocenters. The Kier molecular flexibility index (Phi) is 9.67. The molecule has 0 radical (unpaired) electrons. The van der Waals surface area contributed by atoms with E-state index in [9.17, 15) is 14.0 Å². The van der Waals surface area contributed by atoms with Crippen molar-refractivity contribution in [3.63, 3.8) is 0 Å². The van der Waals surface area contributed by atoms with Crippen molar-refractivity contribution in [2.45, 2.75) is 70.9 Å². The fraction of sp³-hybridized carbons (Fsp3) is 0.429. The Morgan fingerprint density at radius 1 is 1.03 bits per heavy atom. The van der Waals surface area contributed by atoms with Gasteiger partial charge in [-0.15, -0.1) is 0 Å². The number of allylic oxidation sites excluding steroid dienone is 1. The molecule has 4 nitrogen and oxygen atoms in total. The Bertz CT molecular complexity index is 925. The maximum Gasteiger partial charge on any atom is 0.243 e.